The second kappa shape index (κ2) is 14.9. The molecule has 5 rings (SSSR count). The first-order valence-corrected chi connectivity index (χ1v) is 17.0. The van der Waals surface area contributed by atoms with Gasteiger partial charge in [0.05, 0.1) is 29.6 Å². The van der Waals surface area contributed by atoms with Crippen molar-refractivity contribution in [3.8, 4) is 5.75 Å². The van der Waals surface area contributed by atoms with Gasteiger partial charge in [-0.05, 0) is 86.0 Å². The lowest BCUT2D eigenvalue weighted by atomic mass is 9.92. The maximum absolute atomic E-state index is 12.4. The smallest absolute Gasteiger partial charge is 0.229 e. The van der Waals surface area contributed by atoms with Crippen molar-refractivity contribution in [3.63, 3.8) is 0 Å². The summed E-state index contributed by atoms with van der Waals surface area (Å²) in [5, 5.41) is 6.59. The topological polar surface area (TPSA) is 132 Å². The highest BCUT2D eigenvalue weighted by Gasteiger charge is 2.26. The van der Waals surface area contributed by atoms with Crippen molar-refractivity contribution < 1.29 is 13.5 Å². The highest BCUT2D eigenvalue weighted by Crippen LogP contribution is 2.36. The summed E-state index contributed by atoms with van der Waals surface area (Å²) in [5.74, 6) is 1.07. The van der Waals surface area contributed by atoms with Gasteiger partial charge in [-0.3, -0.25) is 4.21 Å². The maximum atomic E-state index is 12.4. The predicted octanol–water partition coefficient (Wildman–Crippen LogP) is 6.16. The van der Waals surface area contributed by atoms with Crippen LogP contribution in [0.4, 0.5) is 28.8 Å². The minimum Gasteiger partial charge on any atom is -0.768 e. The van der Waals surface area contributed by atoms with Crippen LogP contribution >= 0.6 is 11.6 Å². The van der Waals surface area contributed by atoms with Crippen LogP contribution in [-0.2, 0) is 11.1 Å². The Hall–Kier alpha value is -2.96. The van der Waals surface area contributed by atoms with Gasteiger partial charge in [0, 0.05) is 36.9 Å². The van der Waals surface area contributed by atoms with Crippen LogP contribution in [0.2, 0.25) is 5.02 Å². The Morgan fingerprint density at radius 1 is 1.11 bits per heavy atom. The largest absolute Gasteiger partial charge is 0.768 e. The molecule has 0 bridgehead atoms. The molecule has 1 aromatic heterocycles. The summed E-state index contributed by atoms with van der Waals surface area (Å²) in [6.07, 6.45) is 8.54. The molecule has 0 saturated carbocycles. The van der Waals surface area contributed by atoms with E-state index in [2.05, 4.69) is 36.5 Å². The normalized spacial score (nSPS) is 18.5. The van der Waals surface area contributed by atoms with Crippen molar-refractivity contribution in [2.45, 2.75) is 75.3 Å². The molecule has 238 valence electrons. The number of aromatic nitrogens is 2. The Morgan fingerprint density at radius 3 is 2.55 bits per heavy atom. The number of piperidine rings is 2. The Bertz CT molecular complexity index is 1450. The average Bonchev–Trinajstić information content (AvgIpc) is 3.06. The van der Waals surface area contributed by atoms with Gasteiger partial charge in [0.1, 0.15) is 10.8 Å². The summed E-state index contributed by atoms with van der Waals surface area (Å²) in [6.45, 7) is 8.43. The minimum absolute atomic E-state index is 0.144. The molecule has 3 aromatic rings. The second-order valence-corrected chi connectivity index (χ2v) is 12.9. The van der Waals surface area contributed by atoms with E-state index in [1.54, 1.807) is 25.3 Å². The number of halogens is 1. The SMILES string of the molecule is CCC(N)C(C)c1cccc(Nc2nc(Nc3ccc(N4CCC(N5CCCCC5)CC4)cc3OC)ncc2Cl)c1S(=O)[O-]. The molecule has 12 heteroatoms. The van der Waals surface area contributed by atoms with E-state index in [4.69, 9.17) is 22.1 Å². The number of anilines is 5. The molecule has 0 radical (unpaired) electrons. The van der Waals surface area contributed by atoms with Crippen molar-refractivity contribution >= 4 is 51.5 Å². The standard InChI is InChI=1S/C32H44ClN7O3S/c1-4-26(34)21(2)24-9-8-10-28(30(24)44(41)42)36-31-25(33)20-35-32(38-31)37-27-12-11-23(19-29(27)43-3)40-17-13-22(14-18-40)39-15-6-5-7-16-39/h8-12,19-22,26H,4-7,13-18,34H2,1-3H3,(H,41,42)(H2,35,36,37,38)/p-1. The van der Waals surface area contributed by atoms with Crippen molar-refractivity contribution in [3.05, 3.63) is 53.2 Å². The predicted molar refractivity (Wildman–Crippen MR) is 178 cm³/mol. The number of benzene rings is 2. The van der Waals surface area contributed by atoms with E-state index < -0.39 is 11.1 Å². The molecular weight excluding hydrogens is 598 g/mol. The highest BCUT2D eigenvalue weighted by atomic mass is 35.5. The first-order valence-electron chi connectivity index (χ1n) is 15.5. The zero-order valence-corrected chi connectivity index (χ0v) is 27.3. The van der Waals surface area contributed by atoms with E-state index >= 15 is 0 Å². The van der Waals surface area contributed by atoms with Crippen LogP contribution in [0.5, 0.6) is 5.75 Å². The van der Waals surface area contributed by atoms with Crippen LogP contribution < -0.4 is 26.0 Å². The fourth-order valence-electron chi connectivity index (χ4n) is 6.30. The average molecular weight is 641 g/mol. The summed E-state index contributed by atoms with van der Waals surface area (Å²) in [6, 6.07) is 11.9. The van der Waals surface area contributed by atoms with Gasteiger partial charge in [0.2, 0.25) is 5.95 Å². The number of nitrogens with one attached hydrogen (secondary N) is 2. The lowest BCUT2D eigenvalue weighted by Gasteiger charge is -2.41. The molecule has 0 spiro atoms. The van der Waals surface area contributed by atoms with Gasteiger partial charge in [-0.2, -0.15) is 4.98 Å². The summed E-state index contributed by atoms with van der Waals surface area (Å²) in [4.78, 5) is 14.2. The molecule has 3 heterocycles. The molecule has 2 aliphatic heterocycles. The van der Waals surface area contributed by atoms with Crippen LogP contribution in [0, 0.1) is 0 Å². The summed E-state index contributed by atoms with van der Waals surface area (Å²) in [7, 11) is 1.64. The lowest BCUT2D eigenvalue weighted by molar-refractivity contribution is 0.141. The molecule has 2 saturated heterocycles. The monoisotopic (exact) mass is 640 g/mol. The Kier molecular flexibility index (Phi) is 11.0. The van der Waals surface area contributed by atoms with E-state index in [1.165, 1.54) is 51.4 Å². The first kappa shape index (κ1) is 32.4. The van der Waals surface area contributed by atoms with Crippen LogP contribution in [-0.4, -0.2) is 69.0 Å². The number of rotatable bonds is 11. The molecule has 2 fully saturated rings. The van der Waals surface area contributed by atoms with Crippen molar-refractivity contribution in [2.75, 3.05) is 48.8 Å². The zero-order chi connectivity index (χ0) is 31.2. The highest BCUT2D eigenvalue weighted by molar-refractivity contribution is 7.79. The number of likely N-dealkylation sites (tertiary alicyclic amines) is 1. The van der Waals surface area contributed by atoms with Gasteiger partial charge in [0.25, 0.3) is 0 Å². The molecule has 2 aromatic carbocycles. The number of hydrogen-bond donors (Lipinski definition) is 3. The molecule has 4 N–H and O–H groups in total. The second-order valence-electron chi connectivity index (χ2n) is 11.7. The van der Waals surface area contributed by atoms with E-state index in [1.807, 2.05) is 26.0 Å². The number of hydrogen-bond acceptors (Lipinski definition) is 10. The minimum atomic E-state index is -2.51. The van der Waals surface area contributed by atoms with E-state index in [0.29, 0.717) is 28.7 Å². The Morgan fingerprint density at radius 2 is 1.86 bits per heavy atom. The molecule has 44 heavy (non-hydrogen) atoms. The van der Waals surface area contributed by atoms with E-state index in [0.717, 1.165) is 25.2 Å². The van der Waals surface area contributed by atoms with Gasteiger partial charge >= 0.3 is 0 Å². The quantitative estimate of drug-likeness (QED) is 0.209. The fraction of sp³-hybridized carbons (Fsp3) is 0.500. The van der Waals surface area contributed by atoms with Gasteiger partial charge in [-0.15, -0.1) is 0 Å². The van der Waals surface area contributed by atoms with E-state index in [-0.39, 0.29) is 33.6 Å². The van der Waals surface area contributed by atoms with E-state index in [9.17, 15) is 8.76 Å². The molecule has 3 atom stereocenters. The summed E-state index contributed by atoms with van der Waals surface area (Å²) in [5.41, 5.74) is 9.10. The van der Waals surface area contributed by atoms with Crippen LogP contribution in [0.15, 0.2) is 47.5 Å². The summed E-state index contributed by atoms with van der Waals surface area (Å²) < 4.78 is 30.5. The number of methoxy groups -OCH3 is 1. The van der Waals surface area contributed by atoms with Gasteiger partial charge in [0.15, 0.2) is 5.82 Å². The molecule has 2 aliphatic rings. The van der Waals surface area contributed by atoms with Crippen LogP contribution in [0.1, 0.15) is 63.9 Å². The number of ether oxygens (including phenoxy) is 1. The first-order chi connectivity index (χ1) is 21.3. The summed E-state index contributed by atoms with van der Waals surface area (Å²) >= 11 is 3.94. The molecule has 10 nitrogen and oxygen atoms in total. The third-order valence-electron chi connectivity index (χ3n) is 8.98. The van der Waals surface area contributed by atoms with Crippen LogP contribution in [0.3, 0.4) is 0 Å². The van der Waals surface area contributed by atoms with Crippen LogP contribution in [0.25, 0.3) is 0 Å². The number of nitrogens with two attached hydrogens (primary N) is 1. The van der Waals surface area contributed by atoms with Crippen molar-refractivity contribution in [2.24, 2.45) is 5.73 Å². The maximum Gasteiger partial charge on any atom is 0.229 e. The van der Waals surface area contributed by atoms with Gasteiger partial charge < -0.3 is 35.5 Å². The lowest BCUT2D eigenvalue weighted by Crippen LogP contribution is -2.46. The Labute approximate surface area is 268 Å². The van der Waals surface area contributed by atoms with Crippen molar-refractivity contribution in [1.29, 1.82) is 0 Å². The van der Waals surface area contributed by atoms with Crippen molar-refractivity contribution in [1.82, 2.24) is 14.9 Å². The number of nitrogens with zero attached hydrogens (tertiary/aromatic N) is 4. The van der Waals surface area contributed by atoms with Gasteiger partial charge in [-0.1, -0.05) is 44.0 Å². The Balaban J connectivity index is 1.31. The van der Waals surface area contributed by atoms with Gasteiger partial charge in [-0.25, -0.2) is 4.98 Å². The molecule has 0 amide bonds. The zero-order valence-electron chi connectivity index (χ0n) is 25.7. The molecule has 3 unspecified atom stereocenters. The third kappa shape index (κ3) is 7.46. The molecule has 0 aliphatic carbocycles. The fourth-order valence-corrected chi connectivity index (χ4v) is 7.18. The third-order valence-corrected chi connectivity index (χ3v) is 10.0. The molecular formula is C32H43ClN7O3S-.